The van der Waals surface area contributed by atoms with E-state index in [2.05, 4.69) is 28.2 Å². The lowest BCUT2D eigenvalue weighted by Crippen LogP contribution is -2.25. The molecule has 2 N–H and O–H groups in total. The number of hydrogen-bond acceptors (Lipinski definition) is 2. The number of hydrogen-bond donors (Lipinski definition) is 2. The Bertz CT molecular complexity index is 390. The van der Waals surface area contributed by atoms with Crippen LogP contribution in [0.15, 0.2) is 22.7 Å². The van der Waals surface area contributed by atoms with E-state index in [-0.39, 0.29) is 6.04 Å². The van der Waals surface area contributed by atoms with Gasteiger partial charge in [-0.1, -0.05) is 42.1 Å². The number of phenolic OH excluding ortho intramolecular Hbond substituents is 1. The normalized spacial score (nSPS) is 17.4. The molecule has 2 nitrogen and oxygen atoms in total. The Morgan fingerprint density at radius 1 is 1.44 bits per heavy atom. The highest BCUT2D eigenvalue weighted by Crippen LogP contribution is 2.31. The third-order valence-corrected chi connectivity index (χ3v) is 4.43. The van der Waals surface area contributed by atoms with Gasteiger partial charge in [0.15, 0.2) is 0 Å². The molecule has 0 aliphatic heterocycles. The average Bonchev–Trinajstić information content (AvgIpc) is 2.31. The summed E-state index contributed by atoms with van der Waals surface area (Å²) < 4.78 is 1.02. The summed E-state index contributed by atoms with van der Waals surface area (Å²) in [5.41, 5.74) is 1.00. The maximum absolute atomic E-state index is 9.94. The molecule has 1 aliphatic rings. The Morgan fingerprint density at radius 3 is 2.83 bits per heavy atom. The van der Waals surface area contributed by atoms with Gasteiger partial charge in [0.2, 0.25) is 0 Å². The molecular weight excluding hydrogens is 290 g/mol. The first kappa shape index (κ1) is 13.9. The minimum atomic E-state index is 0.252. The summed E-state index contributed by atoms with van der Waals surface area (Å²) in [7, 11) is 0. The first-order valence-corrected chi connectivity index (χ1v) is 7.71. The van der Waals surface area contributed by atoms with Crippen molar-refractivity contribution in [3.05, 3.63) is 28.2 Å². The fraction of sp³-hybridized carbons (Fsp3) is 0.600. The molecule has 3 heteroatoms. The van der Waals surface area contributed by atoms with Crippen molar-refractivity contribution in [2.75, 3.05) is 6.54 Å². The quantitative estimate of drug-likeness (QED) is 0.817. The van der Waals surface area contributed by atoms with E-state index in [0.717, 1.165) is 28.9 Å². The van der Waals surface area contributed by atoms with Crippen molar-refractivity contribution in [3.8, 4) is 5.75 Å². The summed E-state index contributed by atoms with van der Waals surface area (Å²) in [5.74, 6) is 1.33. The molecule has 1 aromatic rings. The summed E-state index contributed by atoms with van der Waals surface area (Å²) in [6.07, 6.45) is 6.48. The van der Waals surface area contributed by atoms with Crippen LogP contribution in [0.25, 0.3) is 0 Å². The standard InChI is InChI=1S/C15H22BrNO/c1-2-14(17-9-8-11-4-3-5-11)13-10-12(16)6-7-15(13)18/h6-7,10-11,14,17-18H,2-5,8-9H2,1H3. The Morgan fingerprint density at radius 2 is 2.22 bits per heavy atom. The van der Waals surface area contributed by atoms with E-state index in [1.54, 1.807) is 6.07 Å². The minimum absolute atomic E-state index is 0.252. The average molecular weight is 312 g/mol. The molecule has 2 rings (SSSR count). The minimum Gasteiger partial charge on any atom is -0.508 e. The fourth-order valence-corrected chi connectivity index (χ4v) is 2.90. The molecule has 1 unspecified atom stereocenters. The van der Waals surface area contributed by atoms with Gasteiger partial charge in [0, 0.05) is 16.1 Å². The zero-order chi connectivity index (χ0) is 13.0. The summed E-state index contributed by atoms with van der Waals surface area (Å²) in [5, 5.41) is 13.5. The fourth-order valence-electron chi connectivity index (χ4n) is 2.52. The van der Waals surface area contributed by atoms with Gasteiger partial charge in [-0.15, -0.1) is 0 Å². The highest BCUT2D eigenvalue weighted by atomic mass is 79.9. The van der Waals surface area contributed by atoms with Gasteiger partial charge in [0.05, 0.1) is 0 Å². The van der Waals surface area contributed by atoms with Crippen LogP contribution in [0.1, 0.15) is 50.6 Å². The molecule has 1 fully saturated rings. The number of halogens is 1. The van der Waals surface area contributed by atoms with Gasteiger partial charge in [-0.2, -0.15) is 0 Å². The molecule has 0 heterocycles. The molecule has 1 aliphatic carbocycles. The van der Waals surface area contributed by atoms with Crippen molar-refractivity contribution in [1.29, 1.82) is 0 Å². The Hall–Kier alpha value is -0.540. The van der Waals surface area contributed by atoms with Gasteiger partial charge in [0.1, 0.15) is 5.75 Å². The molecular formula is C15H22BrNO. The molecule has 1 atom stereocenters. The van der Waals surface area contributed by atoms with E-state index in [4.69, 9.17) is 0 Å². The molecule has 0 amide bonds. The van der Waals surface area contributed by atoms with Gasteiger partial charge in [-0.25, -0.2) is 0 Å². The van der Waals surface area contributed by atoms with Crippen LogP contribution in [0.4, 0.5) is 0 Å². The van der Waals surface area contributed by atoms with Crippen molar-refractivity contribution in [1.82, 2.24) is 5.32 Å². The number of phenols is 1. The molecule has 0 spiro atoms. The van der Waals surface area contributed by atoms with E-state index in [1.165, 1.54) is 25.7 Å². The van der Waals surface area contributed by atoms with Crippen LogP contribution in [0.5, 0.6) is 5.75 Å². The number of nitrogens with one attached hydrogen (secondary N) is 1. The predicted molar refractivity (Wildman–Crippen MR) is 78.8 cm³/mol. The first-order valence-electron chi connectivity index (χ1n) is 6.92. The van der Waals surface area contributed by atoms with Gasteiger partial charge >= 0.3 is 0 Å². The van der Waals surface area contributed by atoms with Gasteiger partial charge < -0.3 is 10.4 Å². The van der Waals surface area contributed by atoms with Crippen molar-refractivity contribution in [2.24, 2.45) is 5.92 Å². The molecule has 0 saturated heterocycles. The van der Waals surface area contributed by atoms with Crippen LogP contribution < -0.4 is 5.32 Å². The summed E-state index contributed by atoms with van der Waals surface area (Å²) >= 11 is 3.47. The molecule has 0 radical (unpaired) electrons. The summed E-state index contributed by atoms with van der Waals surface area (Å²) in [4.78, 5) is 0. The monoisotopic (exact) mass is 311 g/mol. The van der Waals surface area contributed by atoms with E-state index >= 15 is 0 Å². The van der Waals surface area contributed by atoms with Gasteiger partial charge in [-0.3, -0.25) is 0 Å². The lowest BCUT2D eigenvalue weighted by atomic mass is 9.83. The summed E-state index contributed by atoms with van der Waals surface area (Å²) in [6, 6.07) is 5.90. The second-order valence-corrected chi connectivity index (χ2v) is 6.12. The van der Waals surface area contributed by atoms with Crippen LogP contribution in [0.2, 0.25) is 0 Å². The largest absolute Gasteiger partial charge is 0.508 e. The Balaban J connectivity index is 1.91. The third-order valence-electron chi connectivity index (χ3n) is 3.94. The maximum Gasteiger partial charge on any atom is 0.120 e. The second-order valence-electron chi connectivity index (χ2n) is 5.20. The highest BCUT2D eigenvalue weighted by molar-refractivity contribution is 9.10. The zero-order valence-corrected chi connectivity index (χ0v) is 12.5. The van der Waals surface area contributed by atoms with E-state index < -0.39 is 0 Å². The van der Waals surface area contributed by atoms with E-state index in [0.29, 0.717) is 5.75 Å². The van der Waals surface area contributed by atoms with Crippen molar-refractivity contribution >= 4 is 15.9 Å². The third kappa shape index (κ3) is 3.48. The molecule has 0 bridgehead atoms. The van der Waals surface area contributed by atoms with Gasteiger partial charge in [0.25, 0.3) is 0 Å². The Kier molecular flexibility index (Phi) is 5.07. The van der Waals surface area contributed by atoms with Crippen LogP contribution in [0.3, 0.4) is 0 Å². The van der Waals surface area contributed by atoms with Crippen molar-refractivity contribution in [2.45, 2.75) is 45.1 Å². The first-order chi connectivity index (χ1) is 8.70. The van der Waals surface area contributed by atoms with Crippen molar-refractivity contribution < 1.29 is 5.11 Å². The summed E-state index contributed by atoms with van der Waals surface area (Å²) in [6.45, 7) is 3.20. The number of benzene rings is 1. The molecule has 18 heavy (non-hydrogen) atoms. The smallest absolute Gasteiger partial charge is 0.120 e. The second kappa shape index (κ2) is 6.58. The lowest BCUT2D eigenvalue weighted by Gasteiger charge is -2.26. The topological polar surface area (TPSA) is 32.3 Å². The maximum atomic E-state index is 9.94. The van der Waals surface area contributed by atoms with E-state index in [1.807, 2.05) is 12.1 Å². The highest BCUT2D eigenvalue weighted by Gasteiger charge is 2.18. The predicted octanol–water partition coefficient (Wildman–Crippen LogP) is 4.39. The molecule has 1 saturated carbocycles. The lowest BCUT2D eigenvalue weighted by molar-refractivity contribution is 0.286. The van der Waals surface area contributed by atoms with Crippen LogP contribution in [0, 0.1) is 5.92 Å². The Labute approximate surface area is 118 Å². The number of aromatic hydroxyl groups is 1. The molecule has 1 aromatic carbocycles. The van der Waals surface area contributed by atoms with Crippen LogP contribution in [-0.4, -0.2) is 11.7 Å². The number of rotatable bonds is 6. The molecule has 0 aromatic heterocycles. The SMILES string of the molecule is CCC(NCCC1CCC1)c1cc(Br)ccc1O. The van der Waals surface area contributed by atoms with Crippen LogP contribution >= 0.6 is 15.9 Å². The van der Waals surface area contributed by atoms with Gasteiger partial charge in [-0.05, 0) is 43.5 Å². The van der Waals surface area contributed by atoms with Crippen molar-refractivity contribution in [3.63, 3.8) is 0 Å². The molecule has 100 valence electrons. The van der Waals surface area contributed by atoms with Crippen LogP contribution in [-0.2, 0) is 0 Å². The van der Waals surface area contributed by atoms with E-state index in [9.17, 15) is 5.11 Å². The zero-order valence-electron chi connectivity index (χ0n) is 11.0.